The Morgan fingerprint density at radius 2 is 2.08 bits per heavy atom. The maximum Gasteiger partial charge on any atom is 0.127 e. The van der Waals surface area contributed by atoms with E-state index in [-0.39, 0.29) is 5.75 Å². The second-order valence-electron chi connectivity index (χ2n) is 5.58. The fourth-order valence-electron chi connectivity index (χ4n) is 2.59. The maximum atomic E-state index is 10.2. The van der Waals surface area contributed by atoms with Crippen LogP contribution in [0.5, 0.6) is 5.75 Å². The molecule has 0 spiro atoms. The minimum absolute atomic E-state index is 0.102. The molecule has 2 aromatic rings. The van der Waals surface area contributed by atoms with E-state index in [0.29, 0.717) is 17.0 Å². The summed E-state index contributed by atoms with van der Waals surface area (Å²) in [4.78, 5) is 0. The van der Waals surface area contributed by atoms with E-state index in [4.69, 9.17) is 11.5 Å². The van der Waals surface area contributed by atoms with Crippen LogP contribution in [0.1, 0.15) is 12.0 Å². The molecular weight excluding hydrogens is 302 g/mol. The first-order valence-electron chi connectivity index (χ1n) is 7.81. The number of aromatic nitrogens is 2. The van der Waals surface area contributed by atoms with E-state index in [0.717, 1.165) is 30.8 Å². The second-order valence-corrected chi connectivity index (χ2v) is 5.58. The Kier molecular flexibility index (Phi) is 4.67. The monoisotopic (exact) mass is 323 g/mol. The van der Waals surface area contributed by atoms with Crippen LogP contribution in [0.15, 0.2) is 66.2 Å². The van der Waals surface area contributed by atoms with Gasteiger partial charge in [-0.3, -0.25) is 0 Å². The molecule has 124 valence electrons. The number of rotatable bonds is 4. The lowest BCUT2D eigenvalue weighted by atomic mass is 10.0. The van der Waals surface area contributed by atoms with Gasteiger partial charge in [-0.05, 0) is 48.9 Å². The number of hydrogen-bond donors (Lipinski definition) is 4. The van der Waals surface area contributed by atoms with Gasteiger partial charge in [-0.15, -0.1) is 0 Å². The lowest BCUT2D eigenvalue weighted by Gasteiger charge is -2.13. The third kappa shape index (κ3) is 3.49. The zero-order valence-electron chi connectivity index (χ0n) is 13.3. The molecule has 6 heteroatoms. The summed E-state index contributed by atoms with van der Waals surface area (Å²) >= 11 is 0. The summed E-state index contributed by atoms with van der Waals surface area (Å²) in [5.74, 6) is 0.102. The molecule has 6 N–H and O–H groups in total. The predicted molar refractivity (Wildman–Crippen MR) is 95.2 cm³/mol. The molecule has 6 nitrogen and oxygen atoms in total. The standard InChI is InChI=1S/C18H21N5O/c19-16(13-6-9-21-10-7-13)4-5-17(20)15-3-2-14(12-18(15)24)23-11-1-8-22-23/h1-6,8,11-12,21,24H,7,9-10,19-20H2/b16-4-,17-5-. The number of nitrogens with two attached hydrogens (primary N) is 2. The van der Waals surface area contributed by atoms with Crippen molar-refractivity contribution in [2.24, 2.45) is 11.5 Å². The molecular formula is C18H21N5O. The van der Waals surface area contributed by atoms with Gasteiger partial charge in [0.1, 0.15) is 5.75 Å². The van der Waals surface area contributed by atoms with Crippen molar-refractivity contribution in [3.05, 3.63) is 71.7 Å². The highest BCUT2D eigenvalue weighted by Gasteiger charge is 2.07. The predicted octanol–water partition coefficient (Wildman–Crippen LogP) is 1.64. The van der Waals surface area contributed by atoms with Crippen molar-refractivity contribution in [2.45, 2.75) is 6.42 Å². The van der Waals surface area contributed by atoms with Gasteiger partial charge in [0, 0.05) is 42.0 Å². The minimum Gasteiger partial charge on any atom is -0.507 e. The molecule has 0 radical (unpaired) electrons. The highest BCUT2D eigenvalue weighted by molar-refractivity contribution is 5.70. The second kappa shape index (κ2) is 7.06. The topological polar surface area (TPSA) is 102 Å². The Hall–Kier alpha value is -2.99. The van der Waals surface area contributed by atoms with Crippen LogP contribution in [0.4, 0.5) is 0 Å². The number of phenolic OH excluding ortho intramolecular Hbond substituents is 1. The van der Waals surface area contributed by atoms with Crippen LogP contribution in [0.25, 0.3) is 11.4 Å². The molecule has 1 aromatic carbocycles. The number of allylic oxidation sites excluding steroid dienone is 3. The van der Waals surface area contributed by atoms with Gasteiger partial charge in [-0.25, -0.2) is 4.68 Å². The summed E-state index contributed by atoms with van der Waals surface area (Å²) in [5, 5.41) is 17.6. The van der Waals surface area contributed by atoms with Crippen LogP contribution in [-0.4, -0.2) is 28.0 Å². The average Bonchev–Trinajstić information content (AvgIpc) is 3.14. The van der Waals surface area contributed by atoms with Crippen LogP contribution >= 0.6 is 0 Å². The number of hydrogen-bond acceptors (Lipinski definition) is 5. The number of benzene rings is 1. The Labute approximate surface area is 140 Å². The third-order valence-corrected chi connectivity index (χ3v) is 3.94. The van der Waals surface area contributed by atoms with Gasteiger partial charge < -0.3 is 21.9 Å². The van der Waals surface area contributed by atoms with Crippen molar-refractivity contribution in [1.82, 2.24) is 15.1 Å². The quantitative estimate of drug-likeness (QED) is 0.641. The molecule has 3 rings (SSSR count). The van der Waals surface area contributed by atoms with Gasteiger partial charge in [0.2, 0.25) is 0 Å². The Balaban J connectivity index is 1.81. The van der Waals surface area contributed by atoms with Crippen molar-refractivity contribution < 1.29 is 5.11 Å². The van der Waals surface area contributed by atoms with Crippen molar-refractivity contribution >= 4 is 5.70 Å². The number of nitrogens with one attached hydrogen (secondary N) is 1. The van der Waals surface area contributed by atoms with Gasteiger partial charge in [-0.1, -0.05) is 6.08 Å². The molecule has 24 heavy (non-hydrogen) atoms. The highest BCUT2D eigenvalue weighted by atomic mass is 16.3. The van der Waals surface area contributed by atoms with E-state index in [1.807, 2.05) is 18.3 Å². The largest absolute Gasteiger partial charge is 0.507 e. The lowest BCUT2D eigenvalue weighted by molar-refractivity contribution is 0.473. The van der Waals surface area contributed by atoms with Crippen LogP contribution in [0, 0.1) is 0 Å². The number of nitrogens with zero attached hydrogens (tertiary/aromatic N) is 2. The minimum atomic E-state index is 0.102. The molecule has 0 unspecified atom stereocenters. The van der Waals surface area contributed by atoms with Crippen LogP contribution in [0.3, 0.4) is 0 Å². The molecule has 0 fully saturated rings. The van der Waals surface area contributed by atoms with E-state index >= 15 is 0 Å². The molecule has 1 aliphatic heterocycles. The van der Waals surface area contributed by atoms with E-state index < -0.39 is 0 Å². The van der Waals surface area contributed by atoms with E-state index in [2.05, 4.69) is 16.5 Å². The molecule has 0 bridgehead atoms. The SMILES string of the molecule is N/C(=C\C=C(/N)c1ccc(-n2cccn2)cc1O)C1=CCNCC1. The van der Waals surface area contributed by atoms with Crippen LogP contribution in [-0.2, 0) is 0 Å². The normalized spacial score (nSPS) is 16.1. The summed E-state index contributed by atoms with van der Waals surface area (Å²) in [6.07, 6.45) is 9.98. The van der Waals surface area contributed by atoms with E-state index in [1.165, 1.54) is 0 Å². The summed E-state index contributed by atoms with van der Waals surface area (Å²) in [6.45, 7) is 1.76. The van der Waals surface area contributed by atoms with Crippen molar-refractivity contribution in [3.63, 3.8) is 0 Å². The Bertz CT molecular complexity index is 803. The zero-order valence-corrected chi connectivity index (χ0v) is 13.3. The molecule has 0 saturated carbocycles. The third-order valence-electron chi connectivity index (χ3n) is 3.94. The highest BCUT2D eigenvalue weighted by Crippen LogP contribution is 2.25. The van der Waals surface area contributed by atoms with Gasteiger partial charge in [0.15, 0.2) is 0 Å². The van der Waals surface area contributed by atoms with Crippen molar-refractivity contribution in [1.29, 1.82) is 0 Å². The number of aromatic hydroxyl groups is 1. The fourth-order valence-corrected chi connectivity index (χ4v) is 2.59. The molecule has 2 heterocycles. The average molecular weight is 323 g/mol. The van der Waals surface area contributed by atoms with Gasteiger partial charge in [0.25, 0.3) is 0 Å². The summed E-state index contributed by atoms with van der Waals surface area (Å²) in [5.41, 5.74) is 15.8. The van der Waals surface area contributed by atoms with Crippen LogP contribution < -0.4 is 16.8 Å². The first-order valence-corrected chi connectivity index (χ1v) is 7.81. The van der Waals surface area contributed by atoms with Gasteiger partial charge >= 0.3 is 0 Å². The summed E-state index contributed by atoms with van der Waals surface area (Å²) in [6, 6.07) is 7.07. The van der Waals surface area contributed by atoms with Crippen LogP contribution in [0.2, 0.25) is 0 Å². The van der Waals surface area contributed by atoms with Gasteiger partial charge in [-0.2, -0.15) is 5.10 Å². The smallest absolute Gasteiger partial charge is 0.127 e. The van der Waals surface area contributed by atoms with Gasteiger partial charge in [0.05, 0.1) is 5.69 Å². The van der Waals surface area contributed by atoms with Crippen molar-refractivity contribution in [3.8, 4) is 11.4 Å². The molecule has 0 saturated heterocycles. The molecule has 0 aliphatic carbocycles. The van der Waals surface area contributed by atoms with Crippen molar-refractivity contribution in [2.75, 3.05) is 13.1 Å². The number of phenols is 1. The maximum absolute atomic E-state index is 10.2. The fraction of sp³-hybridized carbons (Fsp3) is 0.167. The molecule has 1 aromatic heterocycles. The molecule has 1 aliphatic rings. The molecule has 0 amide bonds. The first-order chi connectivity index (χ1) is 11.6. The van der Waals surface area contributed by atoms with E-state index in [1.54, 1.807) is 35.2 Å². The van der Waals surface area contributed by atoms with E-state index in [9.17, 15) is 5.11 Å². The summed E-state index contributed by atoms with van der Waals surface area (Å²) in [7, 11) is 0. The zero-order chi connectivity index (χ0) is 16.9. The first kappa shape index (κ1) is 15.9. The Morgan fingerprint density at radius 1 is 1.25 bits per heavy atom. The molecule has 0 atom stereocenters. The summed E-state index contributed by atoms with van der Waals surface area (Å²) < 4.78 is 1.67. The Morgan fingerprint density at radius 3 is 2.75 bits per heavy atom. The lowest BCUT2D eigenvalue weighted by Crippen LogP contribution is -2.22.